The monoisotopic (exact) mass is 433 g/mol. The van der Waals surface area contributed by atoms with Crippen molar-refractivity contribution in [2.45, 2.75) is 83.4 Å². The molecule has 0 aliphatic heterocycles. The molecule has 1 aliphatic rings. The standard InChI is InChI=1S/C14H14F3NO.C8H14F2O/c1-3-5-10-8-11(9(2)19)13-12(14(15,16)17)6-4-7-18(10)13;1-2-7(11)3-5-8(9,10)6-4-7/h4,6-8H,3,5H2,1-2H3;11H,2-6H2,1H3. The van der Waals surface area contributed by atoms with Gasteiger partial charge in [-0.2, -0.15) is 13.2 Å². The van der Waals surface area contributed by atoms with Gasteiger partial charge >= 0.3 is 6.18 Å². The lowest BCUT2D eigenvalue weighted by Gasteiger charge is -2.34. The molecule has 3 nitrogen and oxygen atoms in total. The van der Waals surface area contributed by atoms with Crippen molar-refractivity contribution in [1.82, 2.24) is 4.40 Å². The van der Waals surface area contributed by atoms with Crippen molar-refractivity contribution in [3.63, 3.8) is 0 Å². The van der Waals surface area contributed by atoms with E-state index in [9.17, 15) is 31.9 Å². The minimum absolute atomic E-state index is 0.0362. The van der Waals surface area contributed by atoms with Crippen LogP contribution < -0.4 is 0 Å². The van der Waals surface area contributed by atoms with Crippen molar-refractivity contribution in [2.24, 2.45) is 0 Å². The van der Waals surface area contributed by atoms with E-state index < -0.39 is 23.3 Å². The largest absolute Gasteiger partial charge is 0.418 e. The highest BCUT2D eigenvalue weighted by molar-refractivity contribution is 6.02. The molecule has 2 aromatic rings. The summed E-state index contributed by atoms with van der Waals surface area (Å²) in [6.07, 6.45) is -0.684. The number of fused-ring (bicyclic) bond motifs is 1. The van der Waals surface area contributed by atoms with Crippen LogP contribution in [0.15, 0.2) is 24.4 Å². The van der Waals surface area contributed by atoms with Crippen LogP contribution in [0.2, 0.25) is 0 Å². The molecule has 1 aliphatic carbocycles. The van der Waals surface area contributed by atoms with Gasteiger partial charge in [0.1, 0.15) is 0 Å². The zero-order valence-electron chi connectivity index (χ0n) is 17.5. The maximum atomic E-state index is 13.0. The number of nitrogens with zero attached hydrogens (tertiary/aromatic N) is 1. The fourth-order valence-corrected chi connectivity index (χ4v) is 3.71. The van der Waals surface area contributed by atoms with Gasteiger partial charge in [0.25, 0.3) is 0 Å². The summed E-state index contributed by atoms with van der Waals surface area (Å²) in [5.41, 5.74) is -0.736. The third-order valence-corrected chi connectivity index (χ3v) is 5.63. The summed E-state index contributed by atoms with van der Waals surface area (Å²) in [4.78, 5) is 11.6. The van der Waals surface area contributed by atoms with Crippen molar-refractivity contribution in [3.05, 3.63) is 41.2 Å². The molecule has 168 valence electrons. The number of alkyl halides is 5. The molecule has 1 saturated carbocycles. The molecule has 0 atom stereocenters. The second-order valence-corrected chi connectivity index (χ2v) is 7.93. The lowest BCUT2D eigenvalue weighted by Crippen LogP contribution is -2.37. The minimum Gasteiger partial charge on any atom is -0.390 e. The molecular formula is C22H28F5NO2. The predicted octanol–water partition coefficient (Wildman–Crippen LogP) is 6.45. The van der Waals surface area contributed by atoms with E-state index in [1.54, 1.807) is 12.3 Å². The number of hydrogen-bond acceptors (Lipinski definition) is 2. The van der Waals surface area contributed by atoms with Crippen LogP contribution in [0.4, 0.5) is 22.0 Å². The van der Waals surface area contributed by atoms with E-state index in [2.05, 4.69) is 0 Å². The van der Waals surface area contributed by atoms with Crippen LogP contribution in [0.5, 0.6) is 0 Å². The fraction of sp³-hybridized carbons (Fsp3) is 0.591. The molecule has 2 heterocycles. The molecule has 1 fully saturated rings. The highest BCUT2D eigenvalue weighted by Crippen LogP contribution is 2.39. The van der Waals surface area contributed by atoms with Gasteiger partial charge in [-0.05, 0) is 50.8 Å². The van der Waals surface area contributed by atoms with Gasteiger partial charge in [0, 0.05) is 30.3 Å². The Labute approximate surface area is 172 Å². The average Bonchev–Trinajstić information content (AvgIpc) is 3.04. The van der Waals surface area contributed by atoms with Crippen LogP contribution in [0, 0.1) is 0 Å². The summed E-state index contributed by atoms with van der Waals surface area (Å²) in [6.45, 7) is 5.07. The Bertz CT molecular complexity index is 876. The quantitative estimate of drug-likeness (QED) is 0.445. The van der Waals surface area contributed by atoms with Gasteiger partial charge in [-0.15, -0.1) is 0 Å². The number of rotatable bonds is 4. The van der Waals surface area contributed by atoms with Gasteiger partial charge in [0.15, 0.2) is 5.78 Å². The van der Waals surface area contributed by atoms with Gasteiger partial charge in [-0.3, -0.25) is 4.79 Å². The summed E-state index contributed by atoms with van der Waals surface area (Å²) in [7, 11) is 0. The third-order valence-electron chi connectivity index (χ3n) is 5.63. The van der Waals surface area contributed by atoms with Crippen LogP contribution >= 0.6 is 0 Å². The molecule has 0 amide bonds. The topological polar surface area (TPSA) is 41.7 Å². The second kappa shape index (κ2) is 9.04. The number of Topliss-reactive ketones (excluding diaryl/α,β-unsaturated/α-hetero) is 1. The lowest BCUT2D eigenvalue weighted by atomic mass is 9.81. The van der Waals surface area contributed by atoms with Crippen molar-refractivity contribution in [1.29, 1.82) is 0 Å². The van der Waals surface area contributed by atoms with E-state index in [4.69, 9.17) is 0 Å². The highest BCUT2D eigenvalue weighted by atomic mass is 19.4. The number of pyridine rings is 1. The molecule has 0 spiro atoms. The van der Waals surface area contributed by atoms with E-state index in [-0.39, 0.29) is 42.5 Å². The molecule has 0 aromatic carbocycles. The van der Waals surface area contributed by atoms with E-state index in [0.717, 1.165) is 18.2 Å². The Morgan fingerprint density at radius 2 is 1.77 bits per heavy atom. The normalized spacial score (nSPS) is 18.0. The Kier molecular flexibility index (Phi) is 7.32. The molecule has 0 unspecified atom stereocenters. The number of hydrogen-bond donors (Lipinski definition) is 1. The van der Waals surface area contributed by atoms with Crippen LogP contribution in [-0.4, -0.2) is 26.8 Å². The Balaban J connectivity index is 0.000000248. The molecule has 2 aromatic heterocycles. The van der Waals surface area contributed by atoms with Gasteiger partial charge in [0.2, 0.25) is 5.92 Å². The molecular weight excluding hydrogens is 405 g/mol. The zero-order chi connectivity index (χ0) is 22.7. The van der Waals surface area contributed by atoms with E-state index in [1.165, 1.54) is 17.4 Å². The number of aromatic nitrogens is 1. The first-order chi connectivity index (χ1) is 13.8. The van der Waals surface area contributed by atoms with Gasteiger partial charge in [-0.25, -0.2) is 8.78 Å². The summed E-state index contributed by atoms with van der Waals surface area (Å²) in [6, 6.07) is 3.94. The highest BCUT2D eigenvalue weighted by Gasteiger charge is 2.41. The maximum absolute atomic E-state index is 13.0. The first-order valence-electron chi connectivity index (χ1n) is 10.1. The van der Waals surface area contributed by atoms with Gasteiger partial charge in [-0.1, -0.05) is 20.3 Å². The molecule has 3 rings (SSSR count). The predicted molar refractivity (Wildman–Crippen MR) is 105 cm³/mol. The maximum Gasteiger partial charge on any atom is 0.418 e. The number of halogens is 5. The second-order valence-electron chi connectivity index (χ2n) is 7.93. The van der Waals surface area contributed by atoms with Crippen LogP contribution in [0.1, 0.15) is 80.9 Å². The first kappa shape index (κ1) is 24.3. The Hall–Kier alpha value is -1.96. The molecule has 0 radical (unpaired) electrons. The van der Waals surface area contributed by atoms with Crippen LogP contribution in [-0.2, 0) is 12.6 Å². The number of ketones is 1. The molecule has 0 bridgehead atoms. The smallest absolute Gasteiger partial charge is 0.390 e. The summed E-state index contributed by atoms with van der Waals surface area (Å²) in [5, 5.41) is 9.58. The molecule has 8 heteroatoms. The van der Waals surface area contributed by atoms with Gasteiger partial charge in [0.05, 0.1) is 16.7 Å². The lowest BCUT2D eigenvalue weighted by molar-refractivity contribution is -0.136. The molecule has 0 saturated heterocycles. The summed E-state index contributed by atoms with van der Waals surface area (Å²) >= 11 is 0. The fourth-order valence-electron chi connectivity index (χ4n) is 3.71. The van der Waals surface area contributed by atoms with Crippen molar-refractivity contribution in [3.8, 4) is 0 Å². The summed E-state index contributed by atoms with van der Waals surface area (Å²) in [5.74, 6) is -2.88. The van der Waals surface area contributed by atoms with Crippen molar-refractivity contribution >= 4 is 11.3 Å². The zero-order valence-corrected chi connectivity index (χ0v) is 17.5. The van der Waals surface area contributed by atoms with Crippen LogP contribution in [0.3, 0.4) is 0 Å². The average molecular weight is 433 g/mol. The van der Waals surface area contributed by atoms with Gasteiger partial charge < -0.3 is 9.51 Å². The SMILES string of the molecule is CCC1(O)CCC(F)(F)CC1.CCCc1cc(C(C)=O)c2c(C(F)(F)F)cccn12. The Morgan fingerprint density at radius 3 is 2.23 bits per heavy atom. The number of carbonyl (C=O) groups is 1. The van der Waals surface area contributed by atoms with Crippen molar-refractivity contribution in [2.75, 3.05) is 0 Å². The summed E-state index contributed by atoms with van der Waals surface area (Å²) < 4.78 is 65.7. The van der Waals surface area contributed by atoms with Crippen LogP contribution in [0.25, 0.3) is 5.52 Å². The van der Waals surface area contributed by atoms with E-state index in [0.29, 0.717) is 12.8 Å². The molecule has 1 N–H and O–H groups in total. The number of carbonyl (C=O) groups excluding carboxylic acids is 1. The van der Waals surface area contributed by atoms with E-state index >= 15 is 0 Å². The Morgan fingerprint density at radius 1 is 1.17 bits per heavy atom. The number of aryl methyl sites for hydroxylation is 1. The third kappa shape index (κ3) is 5.59. The first-order valence-corrected chi connectivity index (χ1v) is 10.1. The molecule has 30 heavy (non-hydrogen) atoms. The minimum atomic E-state index is -4.46. The van der Waals surface area contributed by atoms with Crippen molar-refractivity contribution < 1.29 is 31.9 Å². The number of aliphatic hydroxyl groups is 1. The van der Waals surface area contributed by atoms with E-state index in [1.807, 2.05) is 13.8 Å².